The first-order chi connectivity index (χ1) is 57.2. The van der Waals surface area contributed by atoms with Gasteiger partial charge >= 0.3 is 0 Å². The molecule has 9 N–H and O–H groups in total. The number of halogens is 3. The molecule has 4 aliphatic heterocycles. The summed E-state index contributed by atoms with van der Waals surface area (Å²) in [6.07, 6.45) is 5.23. The summed E-state index contributed by atoms with van der Waals surface area (Å²) in [4.78, 5) is 95.7. The maximum Gasteiger partial charge on any atom is 0.261 e. The Morgan fingerprint density at radius 3 is 1.16 bits per heavy atom. The smallest absolute Gasteiger partial charge is 0.261 e. The Bertz CT molecular complexity index is 5800. The first-order valence-electron chi connectivity index (χ1n) is 39.0. The molecule has 13 rings (SSSR count). The monoisotopic (exact) mass is 1770 g/mol. The number of aliphatic hydroxyl groups excluding tert-OH is 1. The SMILES string of the molecule is CC(=O)N1Cc2cc(OC(C)C)c(Nc3ncc(Cl)c(Nc4ccccc4S(=O)(=O)C(C)C)n3)cc2C1=O.CC(C)Oc1cc2c(cc1Nc1ncc(Cl)c(Nc3ccccc3S(=O)(=O)C(C)C)n1)C(=O)N(C1CCN(CC(N)=O)CC1)C2.CC(C)Oc1cc2c(cc1Nc1ncc(Cl)c(Nc3ccccc3S(=O)(=O)C(C)C)n1)C(=O)N(CCO)C2. The van der Waals surface area contributed by atoms with Crippen LogP contribution < -0.4 is 51.8 Å². The van der Waals surface area contributed by atoms with Crippen LogP contribution in [-0.2, 0) is 58.7 Å². The number of sulfone groups is 3. The van der Waals surface area contributed by atoms with Crippen molar-refractivity contribution in [3.05, 3.63) is 176 Å². The van der Waals surface area contributed by atoms with Crippen LogP contribution in [0.3, 0.4) is 0 Å². The van der Waals surface area contributed by atoms with Crippen LogP contribution >= 0.6 is 34.8 Å². The van der Waals surface area contributed by atoms with Crippen LogP contribution in [0.25, 0.3) is 0 Å². The first kappa shape index (κ1) is 90.7. The van der Waals surface area contributed by atoms with E-state index in [9.17, 15) is 54.3 Å². The summed E-state index contributed by atoms with van der Waals surface area (Å²) in [5, 5.41) is 26.4. The molecule has 38 heteroatoms. The minimum atomic E-state index is -3.59. The number of piperidine rings is 1. The highest BCUT2D eigenvalue weighted by atomic mass is 35.5. The second-order valence-electron chi connectivity index (χ2n) is 30.5. The number of aromatic nitrogens is 6. The molecule has 32 nitrogen and oxygen atoms in total. The van der Waals surface area contributed by atoms with E-state index in [1.165, 1.54) is 43.7 Å². The third kappa shape index (κ3) is 21.3. The Kier molecular flexibility index (Phi) is 28.7. The number of benzene rings is 6. The number of fused-ring (bicyclic) bond motifs is 3. The van der Waals surface area contributed by atoms with E-state index in [1.807, 2.05) is 57.4 Å². The Morgan fingerprint density at radius 2 is 0.818 bits per heavy atom. The van der Waals surface area contributed by atoms with E-state index >= 15 is 0 Å². The number of primary amides is 1. The van der Waals surface area contributed by atoms with Crippen molar-refractivity contribution in [2.75, 3.05) is 64.7 Å². The second-order valence-corrected chi connectivity index (χ2v) is 39.1. The zero-order valence-corrected chi connectivity index (χ0v) is 73.5. The number of nitrogens with one attached hydrogen (secondary N) is 6. The molecule has 0 radical (unpaired) electrons. The highest BCUT2D eigenvalue weighted by molar-refractivity contribution is 7.92. The minimum Gasteiger partial charge on any atom is -0.489 e. The third-order valence-corrected chi connectivity index (χ3v) is 27.0. The molecule has 1 saturated heterocycles. The fourth-order valence-corrected chi connectivity index (χ4v) is 17.4. The minimum absolute atomic E-state index is 0.0514. The van der Waals surface area contributed by atoms with Crippen LogP contribution in [0.1, 0.15) is 151 Å². The molecule has 4 aliphatic rings. The zero-order chi connectivity index (χ0) is 87.9. The average molecular weight is 1770 g/mol. The van der Waals surface area contributed by atoms with Gasteiger partial charge in [0, 0.05) is 62.4 Å². The van der Waals surface area contributed by atoms with Gasteiger partial charge in [0.1, 0.15) is 32.3 Å². The highest BCUT2D eigenvalue weighted by Gasteiger charge is 2.38. The fraction of sp³-hybridized carbons (Fsp3) is 0.361. The molecular weight excluding hydrogens is 1680 g/mol. The van der Waals surface area contributed by atoms with Gasteiger partial charge in [0.2, 0.25) is 29.7 Å². The molecule has 9 aromatic rings. The van der Waals surface area contributed by atoms with Gasteiger partial charge in [-0.15, -0.1) is 0 Å². The van der Waals surface area contributed by atoms with E-state index in [1.54, 1.807) is 131 Å². The average Bonchev–Trinajstić information content (AvgIpc) is 1.67. The van der Waals surface area contributed by atoms with Crippen molar-refractivity contribution in [1.82, 2.24) is 49.5 Å². The number of carbonyl (C=O) groups excluding carboxylic acids is 5. The number of nitrogens with two attached hydrogens (primary N) is 1. The normalized spacial score (nSPS) is 14.2. The summed E-state index contributed by atoms with van der Waals surface area (Å²) in [6.45, 7) is 25.1. The van der Waals surface area contributed by atoms with E-state index in [0.29, 0.717) is 99.8 Å². The number of imide groups is 1. The standard InChI is InChI=1S/C31H38ClN7O5S.C26H28ClN5O5S.C26H30ClN5O5S/c1-18(2)44-26-13-20-16-39(21-9-11-38(12-10-21)17-28(33)40)30(41)22(20)14-25(26)36-31-34-15-23(32)29(37-31)35-24-7-5-6-8-27(24)45(42,43)19(3)4;1-14(2)37-22-10-17-13-32(16(5)33)25(34)18(17)11-21(22)30-26-28-12-19(27)24(31-26)29-20-8-6-7-9-23(20)38(35,36)15(3)4;1-15(2)37-22-11-17-14-32(9-10-33)25(34)18(17)12-21(22)30-26-28-13-19(27)24(31-26)29-20-7-5-6-8-23(20)38(35,36)16(3)4/h5-8,13-15,18-19,21H,9-12,16-17H2,1-4H3,(H2,33,40)(H2,34,35,36,37);6-12,14-15H,13H2,1-5H3,(H2,28,29,30,31);5-8,11-13,15-16,33H,9-10,14H2,1-4H3,(H2,28,29,30,31). The van der Waals surface area contributed by atoms with E-state index in [-0.39, 0.29) is 139 Å². The lowest BCUT2D eigenvalue weighted by molar-refractivity contribution is -0.126. The number of para-hydroxylation sites is 3. The van der Waals surface area contributed by atoms with Gasteiger partial charge in [0.05, 0.1) is 121 Å². The van der Waals surface area contributed by atoms with Crippen LogP contribution in [0, 0.1) is 0 Å². The van der Waals surface area contributed by atoms with Gasteiger partial charge in [-0.3, -0.25) is 33.8 Å². The lowest BCUT2D eigenvalue weighted by Crippen LogP contribution is -2.47. The Hall–Kier alpha value is -11.1. The molecule has 1 fully saturated rings. The van der Waals surface area contributed by atoms with Crippen LogP contribution in [0.4, 0.5) is 69.4 Å². The van der Waals surface area contributed by atoms with Crippen molar-refractivity contribution < 1.29 is 68.5 Å². The predicted molar refractivity (Wildman–Crippen MR) is 465 cm³/mol. The number of β-amino-alcohol motifs (C(OH)–C–C–N with tert-alkyl or cyclic N) is 1. The summed E-state index contributed by atoms with van der Waals surface area (Å²) in [5.74, 6) is 1.21. The molecule has 642 valence electrons. The Labute approximate surface area is 717 Å². The fourth-order valence-electron chi connectivity index (χ4n) is 13.4. The van der Waals surface area contributed by atoms with Gasteiger partial charge < -0.3 is 66.8 Å². The Balaban J connectivity index is 0.000000178. The number of anilines is 12. The summed E-state index contributed by atoms with van der Waals surface area (Å²) < 4.78 is 95.5. The van der Waals surface area contributed by atoms with Crippen molar-refractivity contribution in [3.63, 3.8) is 0 Å². The number of ether oxygens (including phenoxy) is 3. The van der Waals surface area contributed by atoms with E-state index < -0.39 is 51.2 Å². The van der Waals surface area contributed by atoms with Crippen LogP contribution in [0.15, 0.2) is 142 Å². The van der Waals surface area contributed by atoms with Crippen LogP contribution in [0.2, 0.25) is 15.1 Å². The van der Waals surface area contributed by atoms with Gasteiger partial charge in [-0.05, 0) is 185 Å². The zero-order valence-electron chi connectivity index (χ0n) is 68.8. The Morgan fingerprint density at radius 1 is 0.479 bits per heavy atom. The summed E-state index contributed by atoms with van der Waals surface area (Å²) in [5.41, 5.74) is 11.5. The molecular formula is C83H96Cl3N17O15S3. The molecule has 6 aromatic carbocycles. The van der Waals surface area contributed by atoms with Crippen molar-refractivity contribution in [1.29, 1.82) is 0 Å². The number of carbonyl (C=O) groups is 5. The third-order valence-electron chi connectivity index (χ3n) is 19.5. The van der Waals surface area contributed by atoms with Gasteiger partial charge in [-0.25, -0.2) is 40.2 Å². The number of amides is 5. The highest BCUT2D eigenvalue weighted by Crippen LogP contribution is 2.43. The summed E-state index contributed by atoms with van der Waals surface area (Å²) >= 11 is 19.1. The second kappa shape index (κ2) is 38.4. The number of hydrogen-bond acceptors (Lipinski definition) is 28. The van der Waals surface area contributed by atoms with E-state index in [4.69, 9.17) is 54.7 Å². The van der Waals surface area contributed by atoms with Crippen LogP contribution in [-0.4, -0.2) is 182 Å². The largest absolute Gasteiger partial charge is 0.489 e. The number of rotatable bonds is 29. The number of likely N-dealkylation sites (tertiary alicyclic amines) is 1. The van der Waals surface area contributed by atoms with E-state index in [0.717, 1.165) is 28.9 Å². The topological polar surface area (TPSA) is 424 Å². The van der Waals surface area contributed by atoms with Crippen molar-refractivity contribution >= 4 is 163 Å². The lowest BCUT2D eigenvalue weighted by Gasteiger charge is -2.36. The molecule has 7 heterocycles. The predicted octanol–water partition coefficient (Wildman–Crippen LogP) is 14.1. The maximum absolute atomic E-state index is 13.6. The number of aliphatic hydroxyl groups is 1. The van der Waals surface area contributed by atoms with Gasteiger partial charge in [-0.1, -0.05) is 71.2 Å². The molecule has 0 atom stereocenters. The molecule has 0 aliphatic carbocycles. The lowest BCUT2D eigenvalue weighted by atomic mass is 10.0. The van der Waals surface area contributed by atoms with Gasteiger partial charge in [0.15, 0.2) is 47.0 Å². The quantitative estimate of drug-likeness (QED) is 0.0216. The molecule has 3 aromatic heterocycles. The van der Waals surface area contributed by atoms with Crippen molar-refractivity contribution in [3.8, 4) is 17.2 Å². The van der Waals surface area contributed by atoms with Crippen molar-refractivity contribution in [2.24, 2.45) is 5.73 Å². The maximum atomic E-state index is 13.6. The van der Waals surface area contributed by atoms with Gasteiger partial charge in [-0.2, -0.15) is 15.0 Å². The molecule has 121 heavy (non-hydrogen) atoms. The van der Waals surface area contributed by atoms with Crippen LogP contribution in [0.5, 0.6) is 17.2 Å². The molecule has 0 saturated carbocycles. The summed E-state index contributed by atoms with van der Waals surface area (Å²) in [7, 11) is -10.7. The molecule has 0 bridgehead atoms. The van der Waals surface area contributed by atoms with Crippen molar-refractivity contribution in [2.45, 2.75) is 177 Å². The first-order valence-corrected chi connectivity index (χ1v) is 44.7. The van der Waals surface area contributed by atoms with E-state index in [2.05, 4.69) is 61.8 Å². The van der Waals surface area contributed by atoms with Gasteiger partial charge in [0.25, 0.3) is 17.7 Å². The number of nitrogens with zero attached hydrogens (tertiary/aromatic N) is 10. The molecule has 0 spiro atoms. The number of hydrogen-bond donors (Lipinski definition) is 8. The summed E-state index contributed by atoms with van der Waals surface area (Å²) in [6, 6.07) is 30.1. The molecule has 5 amide bonds. The molecule has 0 unspecified atom stereocenters.